The van der Waals surface area contributed by atoms with Crippen molar-refractivity contribution < 1.29 is 16.8 Å². The molecule has 0 saturated heterocycles. The van der Waals surface area contributed by atoms with Crippen LogP contribution in [0.2, 0.25) is 0 Å². The minimum atomic E-state index is -3.77. The monoisotopic (exact) mass is 324 g/mol. The van der Waals surface area contributed by atoms with Crippen LogP contribution in [0.3, 0.4) is 0 Å². The Morgan fingerprint density at radius 2 is 1.90 bits per heavy atom. The molecule has 0 aromatic carbocycles. The molecule has 20 heavy (non-hydrogen) atoms. The Kier molecular flexibility index (Phi) is 5.30. The van der Waals surface area contributed by atoms with E-state index >= 15 is 0 Å². The number of aromatic amines is 1. The predicted octanol–water partition coefficient (Wildman–Crippen LogP) is -0.897. The van der Waals surface area contributed by atoms with E-state index in [9.17, 15) is 16.8 Å². The molecule has 1 rings (SSSR count). The quantitative estimate of drug-likeness (QED) is 0.672. The molecular weight excluding hydrogens is 304 g/mol. The van der Waals surface area contributed by atoms with Crippen molar-refractivity contribution in [2.45, 2.75) is 18.4 Å². The highest BCUT2D eigenvalue weighted by molar-refractivity contribution is 7.91. The summed E-state index contributed by atoms with van der Waals surface area (Å²) in [5.41, 5.74) is 0.817. The zero-order valence-corrected chi connectivity index (χ0v) is 13.6. The predicted molar refractivity (Wildman–Crippen MR) is 75.6 cm³/mol. The maximum Gasteiger partial charge on any atom is 0.246 e. The van der Waals surface area contributed by atoms with Gasteiger partial charge in [-0.2, -0.15) is 9.40 Å². The average molecular weight is 324 g/mol. The highest BCUT2D eigenvalue weighted by Gasteiger charge is 2.28. The van der Waals surface area contributed by atoms with E-state index < -0.39 is 19.9 Å². The second-order valence-corrected chi connectivity index (χ2v) is 8.85. The number of hydrogen-bond donors (Lipinski definition) is 2. The van der Waals surface area contributed by atoms with Crippen molar-refractivity contribution in [3.63, 3.8) is 0 Å². The molecule has 1 aromatic heterocycles. The van der Waals surface area contributed by atoms with Crippen molar-refractivity contribution in [2.75, 3.05) is 32.6 Å². The molecule has 1 heterocycles. The van der Waals surface area contributed by atoms with Crippen molar-refractivity contribution in [3.05, 3.63) is 11.4 Å². The molecule has 0 bridgehead atoms. The first-order valence-corrected chi connectivity index (χ1v) is 9.42. The fourth-order valence-corrected chi connectivity index (χ4v) is 3.88. The first-order valence-electron chi connectivity index (χ1n) is 5.92. The van der Waals surface area contributed by atoms with Crippen molar-refractivity contribution in [1.82, 2.24) is 19.8 Å². The lowest BCUT2D eigenvalue weighted by atomic mass is 10.4. The van der Waals surface area contributed by atoms with Crippen LogP contribution < -0.4 is 5.32 Å². The number of H-pyrrole nitrogens is 1. The van der Waals surface area contributed by atoms with E-state index in [-0.39, 0.29) is 17.2 Å². The standard InChI is InChI=1S/C10H20N4O4S2/c1-8-10(9(7-11-2)13-12-8)20(17,18)14(3)5-6-19(4,15)16/h11H,5-7H2,1-4H3,(H,12,13). The summed E-state index contributed by atoms with van der Waals surface area (Å²) in [6, 6.07) is 0. The Morgan fingerprint density at radius 3 is 2.40 bits per heavy atom. The van der Waals surface area contributed by atoms with Gasteiger partial charge >= 0.3 is 0 Å². The van der Waals surface area contributed by atoms with Gasteiger partial charge in [-0.05, 0) is 14.0 Å². The number of aryl methyl sites for hydroxylation is 1. The van der Waals surface area contributed by atoms with E-state index in [1.165, 1.54) is 7.05 Å². The molecule has 0 aliphatic heterocycles. The lowest BCUT2D eigenvalue weighted by molar-refractivity contribution is 0.483. The topological polar surface area (TPSA) is 112 Å². The van der Waals surface area contributed by atoms with Crippen LogP contribution in [0, 0.1) is 6.92 Å². The molecule has 0 spiro atoms. The van der Waals surface area contributed by atoms with Crippen molar-refractivity contribution >= 4 is 19.9 Å². The summed E-state index contributed by atoms with van der Waals surface area (Å²) in [5, 5.41) is 9.44. The highest BCUT2D eigenvalue weighted by atomic mass is 32.2. The summed E-state index contributed by atoms with van der Waals surface area (Å²) in [5.74, 6) is -0.221. The Bertz CT molecular complexity index is 663. The number of nitrogens with one attached hydrogen (secondary N) is 2. The molecule has 116 valence electrons. The molecule has 0 aliphatic carbocycles. The van der Waals surface area contributed by atoms with Crippen LogP contribution in [0.1, 0.15) is 11.4 Å². The maximum atomic E-state index is 12.5. The van der Waals surface area contributed by atoms with E-state index in [2.05, 4.69) is 15.5 Å². The third-order valence-corrected chi connectivity index (χ3v) is 5.74. The minimum absolute atomic E-state index is 0.0925. The second kappa shape index (κ2) is 6.20. The summed E-state index contributed by atoms with van der Waals surface area (Å²) in [6.07, 6.45) is 1.07. The number of hydrogen-bond acceptors (Lipinski definition) is 6. The summed E-state index contributed by atoms with van der Waals surface area (Å²) in [4.78, 5) is 0.0999. The van der Waals surface area contributed by atoms with E-state index in [0.717, 1.165) is 10.6 Å². The number of rotatable bonds is 7. The van der Waals surface area contributed by atoms with Crippen LogP contribution in [-0.4, -0.2) is 64.0 Å². The van der Waals surface area contributed by atoms with Crippen LogP contribution in [0.25, 0.3) is 0 Å². The number of sulfone groups is 1. The fraction of sp³-hybridized carbons (Fsp3) is 0.700. The summed E-state index contributed by atoms with van der Waals surface area (Å²) in [6.45, 7) is 1.83. The Balaban J connectivity index is 3.07. The third-order valence-electron chi connectivity index (χ3n) is 2.75. The van der Waals surface area contributed by atoms with Crippen LogP contribution in [0.15, 0.2) is 4.90 Å². The van der Waals surface area contributed by atoms with Gasteiger partial charge in [-0.15, -0.1) is 0 Å². The van der Waals surface area contributed by atoms with E-state index in [4.69, 9.17) is 0 Å². The van der Waals surface area contributed by atoms with Gasteiger partial charge in [0.05, 0.1) is 17.1 Å². The molecule has 0 radical (unpaired) electrons. The first-order chi connectivity index (χ1) is 9.09. The Morgan fingerprint density at radius 1 is 1.30 bits per heavy atom. The largest absolute Gasteiger partial charge is 0.314 e. The normalized spacial score (nSPS) is 13.1. The van der Waals surface area contributed by atoms with Crippen molar-refractivity contribution in [2.24, 2.45) is 0 Å². The average Bonchev–Trinajstić information content (AvgIpc) is 2.67. The molecule has 0 saturated carbocycles. The second-order valence-electron chi connectivity index (χ2n) is 4.61. The SMILES string of the molecule is CNCc1n[nH]c(C)c1S(=O)(=O)N(C)CCS(C)(=O)=O. The van der Waals surface area contributed by atoms with Gasteiger partial charge in [-0.1, -0.05) is 0 Å². The smallest absolute Gasteiger partial charge is 0.246 e. The molecule has 10 heteroatoms. The lowest BCUT2D eigenvalue weighted by Crippen LogP contribution is -2.32. The molecule has 0 aliphatic rings. The fourth-order valence-electron chi connectivity index (χ4n) is 1.67. The van der Waals surface area contributed by atoms with Crippen LogP contribution in [-0.2, 0) is 26.4 Å². The molecular formula is C10H20N4O4S2. The van der Waals surface area contributed by atoms with Gasteiger partial charge in [0.2, 0.25) is 10.0 Å². The first kappa shape index (κ1) is 17.1. The van der Waals surface area contributed by atoms with Gasteiger partial charge in [0.25, 0.3) is 0 Å². The lowest BCUT2D eigenvalue weighted by Gasteiger charge is -2.17. The molecule has 8 nitrogen and oxygen atoms in total. The van der Waals surface area contributed by atoms with Crippen LogP contribution in [0.4, 0.5) is 0 Å². The molecule has 0 atom stereocenters. The van der Waals surface area contributed by atoms with Gasteiger partial charge in [0, 0.05) is 26.4 Å². The summed E-state index contributed by atoms with van der Waals surface area (Å²) in [7, 11) is -3.94. The molecule has 2 N–H and O–H groups in total. The number of aromatic nitrogens is 2. The minimum Gasteiger partial charge on any atom is -0.314 e. The number of sulfonamides is 1. The van der Waals surface area contributed by atoms with Gasteiger partial charge < -0.3 is 5.32 Å². The van der Waals surface area contributed by atoms with E-state index in [1.807, 2.05) is 0 Å². The third kappa shape index (κ3) is 4.01. The Hall–Kier alpha value is -0.970. The van der Waals surface area contributed by atoms with Crippen molar-refractivity contribution in [1.29, 1.82) is 0 Å². The van der Waals surface area contributed by atoms with Gasteiger partial charge in [-0.3, -0.25) is 5.10 Å². The van der Waals surface area contributed by atoms with Crippen LogP contribution in [0.5, 0.6) is 0 Å². The van der Waals surface area contributed by atoms with Crippen LogP contribution >= 0.6 is 0 Å². The Labute approximate surface area is 119 Å². The molecule has 0 fully saturated rings. The van der Waals surface area contributed by atoms with Gasteiger partial charge in [-0.25, -0.2) is 16.8 Å². The zero-order valence-electron chi connectivity index (χ0n) is 12.0. The maximum absolute atomic E-state index is 12.5. The molecule has 0 unspecified atom stereocenters. The van der Waals surface area contributed by atoms with Gasteiger partial charge in [0.15, 0.2) is 0 Å². The molecule has 0 amide bonds. The van der Waals surface area contributed by atoms with Gasteiger partial charge in [0.1, 0.15) is 14.7 Å². The zero-order chi connectivity index (χ0) is 15.6. The number of nitrogens with zero attached hydrogens (tertiary/aromatic N) is 2. The highest BCUT2D eigenvalue weighted by Crippen LogP contribution is 2.21. The van der Waals surface area contributed by atoms with E-state index in [1.54, 1.807) is 14.0 Å². The van der Waals surface area contributed by atoms with Crippen molar-refractivity contribution in [3.8, 4) is 0 Å². The summed E-state index contributed by atoms with van der Waals surface area (Å²) < 4.78 is 48.2. The van der Waals surface area contributed by atoms with E-state index in [0.29, 0.717) is 17.9 Å². The molecule has 1 aromatic rings. The summed E-state index contributed by atoms with van der Waals surface area (Å²) >= 11 is 0.